The number of rotatable bonds is 4. The molecule has 29 heavy (non-hydrogen) atoms. The maximum atomic E-state index is 13.2. The van der Waals surface area contributed by atoms with Gasteiger partial charge in [-0.15, -0.1) is 0 Å². The van der Waals surface area contributed by atoms with E-state index in [9.17, 15) is 9.59 Å². The summed E-state index contributed by atoms with van der Waals surface area (Å²) >= 11 is 12.5. The molecule has 150 valence electrons. The minimum atomic E-state index is -0.339. The first-order chi connectivity index (χ1) is 14.0. The van der Waals surface area contributed by atoms with E-state index in [1.165, 1.54) is 0 Å². The molecule has 4 nitrogen and oxygen atoms in total. The summed E-state index contributed by atoms with van der Waals surface area (Å²) in [6.07, 6.45) is 2.10. The number of allylic oxidation sites excluding steroid dienone is 2. The topological polar surface area (TPSA) is 46.6 Å². The number of carbonyl (C=O) groups is 2. The van der Waals surface area contributed by atoms with E-state index in [1.54, 1.807) is 17.0 Å². The number of nitrogens with zero attached hydrogens (tertiary/aromatic N) is 1. The fourth-order valence-electron chi connectivity index (χ4n) is 4.20. The molecular formula is C23H21Cl2NO3. The van der Waals surface area contributed by atoms with Crippen molar-refractivity contribution in [1.29, 1.82) is 0 Å². The van der Waals surface area contributed by atoms with Crippen LogP contribution in [0.3, 0.4) is 0 Å². The molecule has 0 saturated heterocycles. The molecule has 2 aromatic rings. The van der Waals surface area contributed by atoms with E-state index in [0.29, 0.717) is 35.1 Å². The smallest absolute Gasteiger partial charge is 0.232 e. The van der Waals surface area contributed by atoms with Gasteiger partial charge in [0.2, 0.25) is 5.91 Å². The second-order valence-electron chi connectivity index (χ2n) is 7.22. The molecule has 0 spiro atoms. The van der Waals surface area contributed by atoms with Gasteiger partial charge < -0.3 is 4.74 Å². The van der Waals surface area contributed by atoms with Crippen LogP contribution in [0.15, 0.2) is 53.7 Å². The Morgan fingerprint density at radius 2 is 1.83 bits per heavy atom. The summed E-state index contributed by atoms with van der Waals surface area (Å²) in [5, 5.41) is 1.01. The lowest BCUT2D eigenvalue weighted by Crippen LogP contribution is -2.40. The number of anilines is 1. The van der Waals surface area contributed by atoms with Crippen molar-refractivity contribution < 1.29 is 14.3 Å². The summed E-state index contributed by atoms with van der Waals surface area (Å²) in [7, 11) is 0. The minimum Gasteiger partial charge on any atom is -0.494 e. The zero-order valence-electron chi connectivity index (χ0n) is 16.1. The number of hydrogen-bond donors (Lipinski definition) is 0. The fourth-order valence-corrected chi connectivity index (χ4v) is 4.74. The normalized spacial score (nSPS) is 19.4. The van der Waals surface area contributed by atoms with Crippen molar-refractivity contribution in [3.05, 3.63) is 69.3 Å². The Kier molecular flexibility index (Phi) is 5.66. The molecule has 1 unspecified atom stereocenters. The van der Waals surface area contributed by atoms with Crippen molar-refractivity contribution in [3.8, 4) is 5.75 Å². The highest BCUT2D eigenvalue weighted by Crippen LogP contribution is 2.45. The Morgan fingerprint density at radius 1 is 1.07 bits per heavy atom. The van der Waals surface area contributed by atoms with Crippen molar-refractivity contribution in [2.24, 2.45) is 0 Å². The summed E-state index contributed by atoms with van der Waals surface area (Å²) in [4.78, 5) is 27.8. The average Bonchev–Trinajstić information content (AvgIpc) is 2.69. The average molecular weight is 430 g/mol. The third-order valence-electron chi connectivity index (χ3n) is 5.42. The molecule has 2 aromatic carbocycles. The van der Waals surface area contributed by atoms with Crippen LogP contribution >= 0.6 is 23.2 Å². The van der Waals surface area contributed by atoms with E-state index in [0.717, 1.165) is 29.1 Å². The Labute approximate surface area is 180 Å². The van der Waals surface area contributed by atoms with Gasteiger partial charge in [0.05, 0.1) is 6.61 Å². The van der Waals surface area contributed by atoms with E-state index < -0.39 is 0 Å². The second kappa shape index (κ2) is 8.21. The monoisotopic (exact) mass is 429 g/mol. The van der Waals surface area contributed by atoms with E-state index in [4.69, 9.17) is 27.9 Å². The van der Waals surface area contributed by atoms with Gasteiger partial charge >= 0.3 is 0 Å². The van der Waals surface area contributed by atoms with Gasteiger partial charge in [-0.25, -0.2) is 0 Å². The molecule has 0 radical (unpaired) electrons. The number of ketones is 1. The fraction of sp³-hybridized carbons (Fsp3) is 0.304. The first-order valence-electron chi connectivity index (χ1n) is 9.76. The van der Waals surface area contributed by atoms with Crippen LogP contribution in [0.4, 0.5) is 5.69 Å². The molecular weight excluding hydrogens is 409 g/mol. The number of ether oxygens (including phenoxy) is 1. The first-order valence-corrected chi connectivity index (χ1v) is 10.5. The SMILES string of the molecule is CCOc1ccc(N2C(=O)CC(c3ccc(Cl)cc3Cl)C3=C2CCCC3=O)cc1. The molecule has 1 atom stereocenters. The van der Waals surface area contributed by atoms with Crippen LogP contribution < -0.4 is 9.64 Å². The third-order valence-corrected chi connectivity index (χ3v) is 5.98. The minimum absolute atomic E-state index is 0.0429. The summed E-state index contributed by atoms with van der Waals surface area (Å²) in [6, 6.07) is 12.7. The Bertz CT molecular complexity index is 998. The van der Waals surface area contributed by atoms with Gasteiger partial charge in [-0.05, 0) is 61.7 Å². The highest BCUT2D eigenvalue weighted by atomic mass is 35.5. The molecule has 1 heterocycles. The maximum Gasteiger partial charge on any atom is 0.232 e. The van der Waals surface area contributed by atoms with Crippen LogP contribution in [-0.4, -0.2) is 18.3 Å². The number of benzene rings is 2. The van der Waals surface area contributed by atoms with Crippen molar-refractivity contribution >= 4 is 40.6 Å². The van der Waals surface area contributed by atoms with Gasteiger partial charge in [-0.1, -0.05) is 29.3 Å². The number of carbonyl (C=O) groups excluding carboxylic acids is 2. The number of hydrogen-bond acceptors (Lipinski definition) is 3. The quantitative estimate of drug-likeness (QED) is 0.605. The summed E-state index contributed by atoms with van der Waals surface area (Å²) in [5.41, 5.74) is 3.02. The van der Waals surface area contributed by atoms with Crippen LogP contribution in [0.1, 0.15) is 44.1 Å². The molecule has 2 aliphatic rings. The van der Waals surface area contributed by atoms with Crippen LogP contribution in [0.5, 0.6) is 5.75 Å². The Hall–Kier alpha value is -2.30. The van der Waals surface area contributed by atoms with Crippen LogP contribution in [0, 0.1) is 0 Å². The Balaban J connectivity index is 1.80. The maximum absolute atomic E-state index is 13.2. The predicted molar refractivity (Wildman–Crippen MR) is 115 cm³/mol. The van der Waals surface area contributed by atoms with E-state index in [1.807, 2.05) is 37.3 Å². The zero-order chi connectivity index (χ0) is 20.5. The van der Waals surface area contributed by atoms with Crippen LogP contribution in [0.2, 0.25) is 10.0 Å². The molecule has 0 aromatic heterocycles. The highest BCUT2D eigenvalue weighted by Gasteiger charge is 2.40. The lowest BCUT2D eigenvalue weighted by molar-refractivity contribution is -0.119. The molecule has 6 heteroatoms. The number of halogens is 2. The molecule has 0 bridgehead atoms. The second-order valence-corrected chi connectivity index (χ2v) is 8.06. The van der Waals surface area contributed by atoms with Gasteiger partial charge in [0.1, 0.15) is 5.75 Å². The summed E-state index contributed by atoms with van der Waals surface area (Å²) in [6.45, 7) is 2.50. The molecule has 0 saturated carbocycles. The summed E-state index contributed by atoms with van der Waals surface area (Å²) in [5.74, 6) is 0.457. The van der Waals surface area contributed by atoms with Gasteiger partial charge in [0.15, 0.2) is 5.78 Å². The van der Waals surface area contributed by atoms with Crippen molar-refractivity contribution in [1.82, 2.24) is 0 Å². The van der Waals surface area contributed by atoms with Crippen LogP contribution in [-0.2, 0) is 9.59 Å². The van der Waals surface area contributed by atoms with E-state index in [2.05, 4.69) is 0 Å². The van der Waals surface area contributed by atoms with Crippen molar-refractivity contribution in [2.45, 2.75) is 38.5 Å². The number of amides is 1. The van der Waals surface area contributed by atoms with E-state index >= 15 is 0 Å². The predicted octanol–water partition coefficient (Wildman–Crippen LogP) is 5.92. The molecule has 1 amide bonds. The lowest BCUT2D eigenvalue weighted by atomic mass is 9.77. The van der Waals surface area contributed by atoms with Gasteiger partial charge in [-0.3, -0.25) is 14.5 Å². The molecule has 1 aliphatic heterocycles. The Morgan fingerprint density at radius 3 is 2.52 bits per heavy atom. The van der Waals surface area contributed by atoms with Gasteiger partial charge in [0.25, 0.3) is 0 Å². The first kappa shape index (κ1) is 20.0. The molecule has 1 aliphatic carbocycles. The zero-order valence-corrected chi connectivity index (χ0v) is 17.6. The number of Topliss-reactive ketones (excluding diaryl/α,β-unsaturated/α-hetero) is 1. The summed E-state index contributed by atoms with van der Waals surface area (Å²) < 4.78 is 5.50. The van der Waals surface area contributed by atoms with Gasteiger partial charge in [0, 0.05) is 45.8 Å². The molecule has 4 rings (SSSR count). The lowest BCUT2D eigenvalue weighted by Gasteiger charge is -2.38. The third kappa shape index (κ3) is 3.79. The highest BCUT2D eigenvalue weighted by molar-refractivity contribution is 6.35. The van der Waals surface area contributed by atoms with Crippen molar-refractivity contribution in [2.75, 3.05) is 11.5 Å². The standard InChI is InChI=1S/C23H21Cl2NO3/c1-2-29-16-9-7-15(8-10-16)26-20-4-3-5-21(27)23(20)18(13-22(26)28)17-11-6-14(24)12-19(17)25/h6-12,18H,2-5,13H2,1H3. The van der Waals surface area contributed by atoms with E-state index in [-0.39, 0.29) is 24.0 Å². The van der Waals surface area contributed by atoms with Crippen molar-refractivity contribution in [3.63, 3.8) is 0 Å². The van der Waals surface area contributed by atoms with Gasteiger partial charge in [-0.2, -0.15) is 0 Å². The molecule has 0 N–H and O–H groups in total. The largest absolute Gasteiger partial charge is 0.494 e. The van der Waals surface area contributed by atoms with Crippen LogP contribution in [0.25, 0.3) is 0 Å². The molecule has 0 fully saturated rings.